The van der Waals surface area contributed by atoms with E-state index in [2.05, 4.69) is 5.32 Å². The van der Waals surface area contributed by atoms with Crippen molar-refractivity contribution in [2.75, 3.05) is 25.0 Å². The normalized spacial score (nSPS) is 17.7. The van der Waals surface area contributed by atoms with Crippen LogP contribution in [0.1, 0.15) is 25.3 Å². The Bertz CT molecular complexity index is 977. The van der Waals surface area contributed by atoms with Crippen molar-refractivity contribution in [3.8, 4) is 5.75 Å². The summed E-state index contributed by atoms with van der Waals surface area (Å²) in [6, 6.07) is 11.8. The van der Waals surface area contributed by atoms with Gasteiger partial charge in [0.25, 0.3) is 0 Å². The number of anilines is 1. The predicted octanol–water partition coefficient (Wildman–Crippen LogP) is 4.09. The number of aryl methyl sites for hydroxylation is 1. The molecule has 156 valence electrons. The fourth-order valence-electron chi connectivity index (χ4n) is 3.30. The lowest BCUT2D eigenvalue weighted by atomic mass is 9.99. The summed E-state index contributed by atoms with van der Waals surface area (Å²) in [5.74, 6) is 0.138. The lowest BCUT2D eigenvalue weighted by Gasteiger charge is -2.31. The Morgan fingerprint density at radius 3 is 2.62 bits per heavy atom. The molecule has 29 heavy (non-hydrogen) atoms. The Balaban J connectivity index is 1.69. The van der Waals surface area contributed by atoms with Crippen LogP contribution in [0.3, 0.4) is 0 Å². The van der Waals surface area contributed by atoms with Crippen molar-refractivity contribution in [1.82, 2.24) is 4.31 Å². The Morgan fingerprint density at radius 1 is 1.24 bits per heavy atom. The molecule has 2 aromatic rings. The third-order valence-electron chi connectivity index (χ3n) is 4.97. The van der Waals surface area contributed by atoms with Crippen molar-refractivity contribution in [1.29, 1.82) is 0 Å². The number of amides is 1. The molecule has 1 saturated heterocycles. The van der Waals surface area contributed by atoms with Crippen LogP contribution in [0.2, 0.25) is 5.02 Å². The minimum Gasteiger partial charge on any atom is -0.494 e. The van der Waals surface area contributed by atoms with Crippen LogP contribution >= 0.6 is 11.6 Å². The third-order valence-corrected chi connectivity index (χ3v) is 7.24. The predicted molar refractivity (Wildman–Crippen MR) is 114 cm³/mol. The van der Waals surface area contributed by atoms with Crippen molar-refractivity contribution < 1.29 is 17.9 Å². The van der Waals surface area contributed by atoms with Gasteiger partial charge in [-0.3, -0.25) is 4.79 Å². The molecule has 1 atom stereocenters. The van der Waals surface area contributed by atoms with E-state index in [-0.39, 0.29) is 17.3 Å². The largest absolute Gasteiger partial charge is 0.494 e. The number of nitrogens with one attached hydrogen (secondary N) is 1. The molecule has 1 heterocycles. The highest BCUT2D eigenvalue weighted by atomic mass is 35.5. The van der Waals surface area contributed by atoms with Crippen molar-refractivity contribution in [2.24, 2.45) is 5.92 Å². The van der Waals surface area contributed by atoms with Crippen LogP contribution in [0.25, 0.3) is 0 Å². The van der Waals surface area contributed by atoms with Crippen LogP contribution in [-0.2, 0) is 14.8 Å². The first-order valence-corrected chi connectivity index (χ1v) is 11.4. The molecule has 1 aliphatic heterocycles. The summed E-state index contributed by atoms with van der Waals surface area (Å²) in [7, 11) is -3.70. The second-order valence-electron chi connectivity index (χ2n) is 7.06. The van der Waals surface area contributed by atoms with Gasteiger partial charge in [0.2, 0.25) is 15.9 Å². The van der Waals surface area contributed by atoms with Crippen LogP contribution in [0.4, 0.5) is 5.69 Å². The molecule has 0 aliphatic carbocycles. The SMILES string of the molecule is CCOc1ccc(NC(=O)[C@H]2CCCN(S(=O)(=O)c3ccc(C)c(Cl)c3)C2)cc1. The molecule has 8 heteroatoms. The number of ether oxygens (including phenoxy) is 1. The third kappa shape index (κ3) is 5.10. The van der Waals surface area contributed by atoms with Crippen LogP contribution in [0, 0.1) is 12.8 Å². The quantitative estimate of drug-likeness (QED) is 0.740. The number of sulfonamides is 1. The second kappa shape index (κ2) is 9.15. The van der Waals surface area contributed by atoms with Gasteiger partial charge in [0.1, 0.15) is 5.75 Å². The smallest absolute Gasteiger partial charge is 0.243 e. The van der Waals surface area contributed by atoms with E-state index in [4.69, 9.17) is 16.3 Å². The fraction of sp³-hybridized carbons (Fsp3) is 0.381. The van der Waals surface area contributed by atoms with Crippen LogP contribution in [-0.4, -0.2) is 38.3 Å². The summed E-state index contributed by atoms with van der Waals surface area (Å²) < 4.78 is 32.8. The maximum absolute atomic E-state index is 13.0. The van der Waals surface area contributed by atoms with Crippen molar-refractivity contribution in [3.63, 3.8) is 0 Å². The van der Waals surface area contributed by atoms with Crippen molar-refractivity contribution >= 4 is 33.2 Å². The molecule has 0 radical (unpaired) electrons. The van der Waals surface area contributed by atoms with E-state index in [0.717, 1.165) is 11.3 Å². The summed E-state index contributed by atoms with van der Waals surface area (Å²) in [6.07, 6.45) is 1.27. The average molecular weight is 437 g/mol. The molecule has 6 nitrogen and oxygen atoms in total. The first-order valence-electron chi connectivity index (χ1n) is 9.61. The highest BCUT2D eigenvalue weighted by molar-refractivity contribution is 7.89. The van der Waals surface area contributed by atoms with Gasteiger partial charge in [0.15, 0.2) is 0 Å². The molecular formula is C21H25ClN2O4S. The molecule has 1 N–H and O–H groups in total. The molecule has 0 aromatic heterocycles. The maximum Gasteiger partial charge on any atom is 0.243 e. The van der Waals surface area contributed by atoms with Gasteiger partial charge in [0, 0.05) is 23.8 Å². The lowest BCUT2D eigenvalue weighted by molar-refractivity contribution is -0.120. The zero-order valence-electron chi connectivity index (χ0n) is 16.5. The van der Waals surface area contributed by atoms with Gasteiger partial charge in [-0.15, -0.1) is 0 Å². The Hall–Kier alpha value is -2.09. The number of carbonyl (C=O) groups is 1. The van der Waals surface area contributed by atoms with Gasteiger partial charge in [-0.1, -0.05) is 17.7 Å². The topological polar surface area (TPSA) is 75.7 Å². The van der Waals surface area contributed by atoms with E-state index in [1.807, 2.05) is 13.8 Å². The van der Waals surface area contributed by atoms with E-state index < -0.39 is 15.9 Å². The minimum absolute atomic E-state index is 0.149. The Morgan fingerprint density at radius 2 is 1.97 bits per heavy atom. The van der Waals surface area contributed by atoms with Crippen LogP contribution in [0.5, 0.6) is 5.75 Å². The van der Waals surface area contributed by atoms with E-state index in [9.17, 15) is 13.2 Å². The average Bonchev–Trinajstić information content (AvgIpc) is 2.71. The molecule has 0 unspecified atom stereocenters. The molecule has 1 fully saturated rings. The molecular weight excluding hydrogens is 412 g/mol. The minimum atomic E-state index is -3.70. The van der Waals surface area contributed by atoms with Crippen LogP contribution in [0.15, 0.2) is 47.4 Å². The second-order valence-corrected chi connectivity index (χ2v) is 9.40. The van der Waals surface area contributed by atoms with Gasteiger partial charge < -0.3 is 10.1 Å². The number of nitrogens with zero attached hydrogens (tertiary/aromatic N) is 1. The van der Waals surface area contributed by atoms with Crippen molar-refractivity contribution in [3.05, 3.63) is 53.1 Å². The van der Waals surface area contributed by atoms with E-state index in [1.165, 1.54) is 10.4 Å². The van der Waals surface area contributed by atoms with E-state index in [1.54, 1.807) is 36.4 Å². The number of carbonyl (C=O) groups excluding carboxylic acids is 1. The molecule has 0 spiro atoms. The molecule has 0 saturated carbocycles. The van der Waals surface area contributed by atoms with Gasteiger partial charge in [-0.2, -0.15) is 4.31 Å². The maximum atomic E-state index is 13.0. The van der Waals surface area contributed by atoms with Gasteiger partial charge >= 0.3 is 0 Å². The highest BCUT2D eigenvalue weighted by Crippen LogP contribution is 2.27. The molecule has 1 aliphatic rings. The van der Waals surface area contributed by atoms with E-state index in [0.29, 0.717) is 36.7 Å². The number of rotatable bonds is 6. The lowest BCUT2D eigenvalue weighted by Crippen LogP contribution is -2.43. The number of piperidine rings is 1. The zero-order chi connectivity index (χ0) is 21.0. The molecule has 0 bridgehead atoms. The number of halogens is 1. The molecule has 1 amide bonds. The summed E-state index contributed by atoms with van der Waals surface area (Å²) in [6.45, 7) is 4.84. The number of benzene rings is 2. The zero-order valence-corrected chi connectivity index (χ0v) is 18.1. The summed E-state index contributed by atoms with van der Waals surface area (Å²) in [4.78, 5) is 12.9. The molecule has 2 aromatic carbocycles. The monoisotopic (exact) mass is 436 g/mol. The number of hydrogen-bond acceptors (Lipinski definition) is 4. The first kappa shape index (κ1) is 21.6. The fourth-order valence-corrected chi connectivity index (χ4v) is 5.10. The van der Waals surface area contributed by atoms with Gasteiger partial charge in [-0.25, -0.2) is 8.42 Å². The van der Waals surface area contributed by atoms with Gasteiger partial charge in [-0.05, 0) is 68.7 Å². The van der Waals surface area contributed by atoms with Crippen LogP contribution < -0.4 is 10.1 Å². The van der Waals surface area contributed by atoms with Gasteiger partial charge in [0.05, 0.1) is 17.4 Å². The highest BCUT2D eigenvalue weighted by Gasteiger charge is 2.33. The first-order chi connectivity index (χ1) is 13.8. The summed E-state index contributed by atoms with van der Waals surface area (Å²) in [5.41, 5.74) is 1.47. The number of hydrogen-bond donors (Lipinski definition) is 1. The van der Waals surface area contributed by atoms with Crippen molar-refractivity contribution in [2.45, 2.75) is 31.6 Å². The standard InChI is InChI=1S/C21H25ClN2O4S/c1-3-28-18-9-7-17(8-10-18)23-21(25)16-5-4-12-24(14-16)29(26,27)19-11-6-15(2)20(22)13-19/h6-11,13,16H,3-5,12,14H2,1-2H3,(H,23,25)/t16-/m0/s1. The summed E-state index contributed by atoms with van der Waals surface area (Å²) >= 11 is 6.10. The molecule has 3 rings (SSSR count). The Labute approximate surface area is 176 Å². The van der Waals surface area contributed by atoms with E-state index >= 15 is 0 Å². The Kier molecular flexibility index (Phi) is 6.82. The summed E-state index contributed by atoms with van der Waals surface area (Å²) in [5, 5.41) is 3.28.